The number of carbonyl (C=O) groups excluding carboxylic acids is 2. The lowest BCUT2D eigenvalue weighted by Gasteiger charge is -2.34. The monoisotopic (exact) mass is 272 g/mol. The van der Waals surface area contributed by atoms with Gasteiger partial charge < -0.3 is 18.9 Å². The normalized spacial score (nSPS) is 34.2. The summed E-state index contributed by atoms with van der Waals surface area (Å²) in [5.41, 5.74) is -0.549. The Morgan fingerprint density at radius 3 is 2.74 bits per heavy atom. The van der Waals surface area contributed by atoms with Gasteiger partial charge in [0.05, 0.1) is 17.9 Å². The third-order valence-electron chi connectivity index (χ3n) is 3.78. The Morgan fingerprint density at radius 2 is 2.11 bits per heavy atom. The van der Waals surface area contributed by atoms with Crippen molar-refractivity contribution in [3.05, 3.63) is 0 Å². The molecule has 0 saturated carbocycles. The molecule has 4 atom stereocenters. The number of hydrogen-bond donors (Lipinski definition) is 0. The fraction of sp³-hybridized carbons (Fsp3) is 0.846. The second-order valence-corrected chi connectivity index (χ2v) is 5.64. The molecule has 0 bridgehead atoms. The van der Waals surface area contributed by atoms with E-state index in [1.807, 2.05) is 20.8 Å². The largest absolute Gasteiger partial charge is 0.509 e. The van der Waals surface area contributed by atoms with Crippen molar-refractivity contribution in [2.75, 3.05) is 0 Å². The fourth-order valence-corrected chi connectivity index (χ4v) is 2.05. The highest BCUT2D eigenvalue weighted by atomic mass is 16.8. The van der Waals surface area contributed by atoms with E-state index in [9.17, 15) is 9.59 Å². The van der Waals surface area contributed by atoms with E-state index in [0.29, 0.717) is 12.8 Å². The maximum Gasteiger partial charge on any atom is 0.509 e. The van der Waals surface area contributed by atoms with E-state index in [1.165, 1.54) is 0 Å². The van der Waals surface area contributed by atoms with Crippen LogP contribution in [0.3, 0.4) is 0 Å². The Labute approximate surface area is 112 Å². The van der Waals surface area contributed by atoms with E-state index in [1.54, 1.807) is 6.92 Å². The zero-order valence-corrected chi connectivity index (χ0v) is 11.7. The minimum Gasteiger partial charge on any atom is -0.435 e. The molecule has 19 heavy (non-hydrogen) atoms. The van der Waals surface area contributed by atoms with Crippen molar-refractivity contribution >= 4 is 12.1 Å². The van der Waals surface area contributed by atoms with E-state index >= 15 is 0 Å². The number of ether oxygens (including phenoxy) is 4. The molecule has 0 aromatic rings. The van der Waals surface area contributed by atoms with Crippen LogP contribution in [-0.4, -0.2) is 36.7 Å². The molecule has 0 spiro atoms. The number of carbonyl (C=O) groups is 2. The van der Waals surface area contributed by atoms with Gasteiger partial charge in [0.25, 0.3) is 0 Å². The highest BCUT2D eigenvalue weighted by molar-refractivity contribution is 5.75. The van der Waals surface area contributed by atoms with Crippen LogP contribution in [0.2, 0.25) is 0 Å². The van der Waals surface area contributed by atoms with Crippen molar-refractivity contribution in [2.45, 2.75) is 65.1 Å². The van der Waals surface area contributed by atoms with Gasteiger partial charge in [0.15, 0.2) is 12.2 Å². The molecule has 6 nitrogen and oxygen atoms in total. The van der Waals surface area contributed by atoms with Crippen molar-refractivity contribution in [3.8, 4) is 0 Å². The van der Waals surface area contributed by atoms with Gasteiger partial charge >= 0.3 is 12.1 Å². The van der Waals surface area contributed by atoms with Gasteiger partial charge in [0.2, 0.25) is 6.29 Å². The molecule has 0 amide bonds. The van der Waals surface area contributed by atoms with Crippen LogP contribution >= 0.6 is 0 Å². The first kappa shape index (κ1) is 14.1. The maximum atomic E-state index is 12.0. The summed E-state index contributed by atoms with van der Waals surface area (Å²) in [4.78, 5) is 23.1. The highest BCUT2D eigenvalue weighted by Gasteiger charge is 2.48. The van der Waals surface area contributed by atoms with Crippen LogP contribution in [-0.2, 0) is 23.7 Å². The summed E-state index contributed by atoms with van der Waals surface area (Å²) in [5, 5.41) is 0. The standard InChI is InChI=1S/C13H20O6/c1-5-13(3,4)11(14)18-9-6-8-10(7(2)16-9)19-12(15)17-8/h7-10H,5-6H2,1-4H3. The average molecular weight is 272 g/mol. The molecule has 2 aliphatic rings. The highest BCUT2D eigenvalue weighted by Crippen LogP contribution is 2.32. The topological polar surface area (TPSA) is 71.1 Å². The molecule has 0 N–H and O–H groups in total. The minimum absolute atomic E-state index is 0.309. The number of fused-ring (bicyclic) bond motifs is 1. The quantitative estimate of drug-likeness (QED) is 0.732. The number of hydrogen-bond acceptors (Lipinski definition) is 6. The molecule has 6 heteroatoms. The Morgan fingerprint density at radius 1 is 1.42 bits per heavy atom. The molecule has 4 unspecified atom stereocenters. The molecule has 2 heterocycles. The first-order valence-electron chi connectivity index (χ1n) is 6.57. The molecule has 2 aliphatic heterocycles. The number of rotatable bonds is 3. The predicted molar refractivity (Wildman–Crippen MR) is 64.3 cm³/mol. The Bertz CT molecular complexity index is 377. The lowest BCUT2D eigenvalue weighted by atomic mass is 9.90. The Hall–Kier alpha value is -1.30. The summed E-state index contributed by atoms with van der Waals surface area (Å²) in [6, 6.07) is 0. The SMILES string of the molecule is CCC(C)(C)C(=O)OC1CC2OC(=O)OC2C(C)O1. The van der Waals surface area contributed by atoms with Gasteiger partial charge in [-0.05, 0) is 27.2 Å². The molecule has 2 fully saturated rings. The van der Waals surface area contributed by atoms with Crippen LogP contribution in [0.4, 0.5) is 4.79 Å². The third kappa shape index (κ3) is 2.83. The Balaban J connectivity index is 1.96. The van der Waals surface area contributed by atoms with Crippen molar-refractivity contribution < 1.29 is 28.5 Å². The molecule has 2 rings (SSSR count). The van der Waals surface area contributed by atoms with Crippen LogP contribution in [0.15, 0.2) is 0 Å². The minimum atomic E-state index is -0.691. The molecule has 0 aromatic heterocycles. The molecule has 0 radical (unpaired) electrons. The molecule has 2 saturated heterocycles. The van der Waals surface area contributed by atoms with E-state index in [0.717, 1.165) is 0 Å². The second kappa shape index (κ2) is 5.00. The average Bonchev–Trinajstić information content (AvgIpc) is 2.70. The Kier molecular flexibility index (Phi) is 3.71. The summed E-state index contributed by atoms with van der Waals surface area (Å²) >= 11 is 0. The van der Waals surface area contributed by atoms with Crippen LogP contribution < -0.4 is 0 Å². The van der Waals surface area contributed by atoms with Crippen molar-refractivity contribution in [1.29, 1.82) is 0 Å². The van der Waals surface area contributed by atoms with Crippen molar-refractivity contribution in [1.82, 2.24) is 0 Å². The van der Waals surface area contributed by atoms with E-state index in [4.69, 9.17) is 18.9 Å². The first-order valence-corrected chi connectivity index (χ1v) is 6.57. The van der Waals surface area contributed by atoms with Gasteiger partial charge in [0, 0.05) is 0 Å². The summed E-state index contributed by atoms with van der Waals surface area (Å²) in [6.07, 6.45) is -1.56. The molecular formula is C13H20O6. The predicted octanol–water partition coefficient (Wildman–Crippen LogP) is 2.00. The maximum absolute atomic E-state index is 12.0. The molecule has 108 valence electrons. The van der Waals surface area contributed by atoms with Gasteiger partial charge in [-0.1, -0.05) is 6.92 Å². The lowest BCUT2D eigenvalue weighted by molar-refractivity contribution is -0.229. The van der Waals surface area contributed by atoms with Gasteiger partial charge in [0.1, 0.15) is 0 Å². The van der Waals surface area contributed by atoms with Crippen molar-refractivity contribution in [2.24, 2.45) is 5.41 Å². The molecule has 0 aromatic carbocycles. The summed E-state index contributed by atoms with van der Waals surface area (Å²) in [6.45, 7) is 7.34. The summed E-state index contributed by atoms with van der Waals surface area (Å²) in [7, 11) is 0. The first-order chi connectivity index (χ1) is 8.83. The summed E-state index contributed by atoms with van der Waals surface area (Å²) < 4.78 is 20.9. The van der Waals surface area contributed by atoms with Gasteiger partial charge in [-0.25, -0.2) is 4.79 Å². The van der Waals surface area contributed by atoms with E-state index in [-0.39, 0.29) is 12.1 Å². The zero-order chi connectivity index (χ0) is 14.2. The van der Waals surface area contributed by atoms with Crippen LogP contribution in [0, 0.1) is 5.41 Å². The van der Waals surface area contributed by atoms with Crippen LogP contribution in [0.5, 0.6) is 0 Å². The van der Waals surface area contributed by atoms with Crippen LogP contribution in [0.1, 0.15) is 40.5 Å². The number of esters is 1. The molecular weight excluding hydrogens is 252 g/mol. The fourth-order valence-electron chi connectivity index (χ4n) is 2.05. The van der Waals surface area contributed by atoms with E-state index < -0.39 is 30.1 Å². The second-order valence-electron chi connectivity index (χ2n) is 5.64. The van der Waals surface area contributed by atoms with Gasteiger partial charge in [-0.2, -0.15) is 0 Å². The summed E-state index contributed by atoms with van der Waals surface area (Å²) in [5.74, 6) is -0.309. The van der Waals surface area contributed by atoms with Gasteiger partial charge in [-0.15, -0.1) is 0 Å². The van der Waals surface area contributed by atoms with Gasteiger partial charge in [-0.3, -0.25) is 4.79 Å². The van der Waals surface area contributed by atoms with Crippen LogP contribution in [0.25, 0.3) is 0 Å². The zero-order valence-electron chi connectivity index (χ0n) is 11.7. The third-order valence-corrected chi connectivity index (χ3v) is 3.78. The smallest absolute Gasteiger partial charge is 0.435 e. The van der Waals surface area contributed by atoms with Crippen molar-refractivity contribution in [3.63, 3.8) is 0 Å². The molecule has 0 aliphatic carbocycles. The van der Waals surface area contributed by atoms with E-state index in [2.05, 4.69) is 0 Å². The lowest BCUT2D eigenvalue weighted by Crippen LogP contribution is -2.47.